The molecule has 0 radical (unpaired) electrons. The largest absolute Gasteiger partial charge is 0.308 e. The number of hydrogen-bond donors (Lipinski definition) is 1. The second-order valence-electron chi connectivity index (χ2n) is 5.09. The summed E-state index contributed by atoms with van der Waals surface area (Å²) in [5.74, 6) is 0. The van der Waals surface area contributed by atoms with Gasteiger partial charge in [-0.05, 0) is 39.0 Å². The third-order valence-electron chi connectivity index (χ3n) is 3.29. The molecule has 0 aliphatic heterocycles. The van der Waals surface area contributed by atoms with Gasteiger partial charge in [0, 0.05) is 17.5 Å². The van der Waals surface area contributed by atoms with Gasteiger partial charge < -0.3 is 5.32 Å². The van der Waals surface area contributed by atoms with Crippen LogP contribution in [0.1, 0.15) is 48.3 Å². The first-order chi connectivity index (χ1) is 7.00. The van der Waals surface area contributed by atoms with Gasteiger partial charge in [0.05, 0.1) is 10.7 Å². The van der Waals surface area contributed by atoms with Crippen molar-refractivity contribution in [1.82, 2.24) is 10.3 Å². The van der Waals surface area contributed by atoms with Crippen molar-refractivity contribution in [1.29, 1.82) is 0 Å². The normalized spacial score (nSPS) is 20.3. The molecule has 1 aliphatic rings. The molecule has 0 amide bonds. The van der Waals surface area contributed by atoms with E-state index in [2.05, 4.69) is 38.0 Å². The predicted molar refractivity (Wildman–Crippen MR) is 65.3 cm³/mol. The number of aromatic nitrogens is 1. The quantitative estimate of drug-likeness (QED) is 0.849. The second-order valence-corrected chi connectivity index (χ2v) is 6.49. The van der Waals surface area contributed by atoms with Gasteiger partial charge in [-0.15, -0.1) is 11.3 Å². The van der Waals surface area contributed by atoms with Crippen LogP contribution < -0.4 is 5.32 Å². The van der Waals surface area contributed by atoms with E-state index in [0.717, 1.165) is 6.54 Å². The monoisotopic (exact) mass is 224 g/mol. The maximum Gasteiger partial charge on any atom is 0.0900 e. The summed E-state index contributed by atoms with van der Waals surface area (Å²) in [6.07, 6.45) is 2.75. The maximum atomic E-state index is 4.59. The molecule has 0 bridgehead atoms. The zero-order chi connectivity index (χ0) is 11.1. The van der Waals surface area contributed by atoms with E-state index in [9.17, 15) is 0 Å². The Labute approximate surface area is 96.1 Å². The van der Waals surface area contributed by atoms with Gasteiger partial charge in [-0.1, -0.05) is 6.92 Å². The maximum absolute atomic E-state index is 4.59. The first-order valence-electron chi connectivity index (χ1n) is 5.67. The summed E-state index contributed by atoms with van der Waals surface area (Å²) >= 11 is 1.80. The van der Waals surface area contributed by atoms with Crippen LogP contribution in [0.25, 0.3) is 0 Å². The molecule has 1 unspecified atom stereocenters. The molecular weight excluding hydrogens is 204 g/mol. The fourth-order valence-electron chi connectivity index (χ4n) is 1.83. The van der Waals surface area contributed by atoms with Gasteiger partial charge in [0.15, 0.2) is 0 Å². The molecule has 1 aromatic heterocycles. The van der Waals surface area contributed by atoms with Gasteiger partial charge in [-0.25, -0.2) is 4.98 Å². The number of nitrogens with zero attached hydrogens (tertiary/aromatic N) is 1. The average Bonchev–Trinajstić information content (AvgIpc) is 2.80. The van der Waals surface area contributed by atoms with E-state index in [1.165, 1.54) is 28.4 Å². The first-order valence-corrected chi connectivity index (χ1v) is 6.49. The summed E-state index contributed by atoms with van der Waals surface area (Å²) in [4.78, 5) is 5.94. The molecule has 2 rings (SSSR count). The van der Waals surface area contributed by atoms with Crippen molar-refractivity contribution >= 4 is 11.3 Å². The SMILES string of the molecule is Cc1nc(C(C)NCC2(C)CC2)c(C)s1. The molecule has 15 heavy (non-hydrogen) atoms. The molecule has 84 valence electrons. The minimum Gasteiger partial charge on any atom is -0.308 e. The minimum absolute atomic E-state index is 0.396. The Morgan fingerprint density at radius 3 is 2.60 bits per heavy atom. The smallest absolute Gasteiger partial charge is 0.0900 e. The van der Waals surface area contributed by atoms with Crippen molar-refractivity contribution in [3.05, 3.63) is 15.6 Å². The highest BCUT2D eigenvalue weighted by Crippen LogP contribution is 2.44. The number of thiazole rings is 1. The number of nitrogens with one attached hydrogen (secondary N) is 1. The lowest BCUT2D eigenvalue weighted by atomic mass is 10.1. The van der Waals surface area contributed by atoms with E-state index in [4.69, 9.17) is 0 Å². The van der Waals surface area contributed by atoms with Gasteiger partial charge >= 0.3 is 0 Å². The van der Waals surface area contributed by atoms with Crippen molar-refractivity contribution < 1.29 is 0 Å². The lowest BCUT2D eigenvalue weighted by Gasteiger charge is -2.16. The highest BCUT2D eigenvalue weighted by atomic mass is 32.1. The van der Waals surface area contributed by atoms with Crippen LogP contribution >= 0.6 is 11.3 Å². The summed E-state index contributed by atoms with van der Waals surface area (Å²) in [7, 11) is 0. The summed E-state index contributed by atoms with van der Waals surface area (Å²) < 4.78 is 0. The molecule has 0 aromatic carbocycles. The zero-order valence-corrected chi connectivity index (χ0v) is 10.9. The van der Waals surface area contributed by atoms with Crippen LogP contribution in [0, 0.1) is 19.3 Å². The van der Waals surface area contributed by atoms with E-state index >= 15 is 0 Å². The topological polar surface area (TPSA) is 24.9 Å². The first kappa shape index (κ1) is 11.1. The number of hydrogen-bond acceptors (Lipinski definition) is 3. The molecule has 1 aliphatic carbocycles. The van der Waals surface area contributed by atoms with Crippen LogP contribution in [0.15, 0.2) is 0 Å². The highest BCUT2D eigenvalue weighted by Gasteiger charge is 2.37. The Morgan fingerprint density at radius 1 is 1.47 bits per heavy atom. The molecule has 1 atom stereocenters. The zero-order valence-electron chi connectivity index (χ0n) is 10.1. The van der Waals surface area contributed by atoms with Gasteiger partial charge in [-0.3, -0.25) is 0 Å². The second kappa shape index (κ2) is 3.87. The number of aryl methyl sites for hydroxylation is 2. The van der Waals surface area contributed by atoms with Crippen molar-refractivity contribution in [2.45, 2.75) is 46.6 Å². The van der Waals surface area contributed by atoms with Gasteiger partial charge in [-0.2, -0.15) is 0 Å². The molecule has 1 saturated carbocycles. The third-order valence-corrected chi connectivity index (χ3v) is 4.19. The van der Waals surface area contributed by atoms with E-state index in [0.29, 0.717) is 11.5 Å². The molecule has 1 fully saturated rings. The third kappa shape index (κ3) is 2.58. The van der Waals surface area contributed by atoms with Crippen LogP contribution in [-0.2, 0) is 0 Å². The fraction of sp³-hybridized carbons (Fsp3) is 0.750. The van der Waals surface area contributed by atoms with Crippen molar-refractivity contribution in [3.63, 3.8) is 0 Å². The molecule has 1 aromatic rings. The molecule has 3 heteroatoms. The van der Waals surface area contributed by atoms with E-state index < -0.39 is 0 Å². The summed E-state index contributed by atoms with van der Waals surface area (Å²) in [6, 6.07) is 0.396. The van der Waals surface area contributed by atoms with Gasteiger partial charge in [0.25, 0.3) is 0 Å². The summed E-state index contributed by atoms with van der Waals surface area (Å²) in [6.45, 7) is 9.94. The van der Waals surface area contributed by atoms with Gasteiger partial charge in [0.2, 0.25) is 0 Å². The van der Waals surface area contributed by atoms with Crippen molar-refractivity contribution in [3.8, 4) is 0 Å². The summed E-state index contributed by atoms with van der Waals surface area (Å²) in [5, 5.41) is 4.77. The van der Waals surface area contributed by atoms with Crippen molar-refractivity contribution in [2.75, 3.05) is 6.54 Å². The minimum atomic E-state index is 0.396. The predicted octanol–water partition coefficient (Wildman–Crippen LogP) is 3.21. The van der Waals surface area contributed by atoms with Crippen LogP contribution in [0.4, 0.5) is 0 Å². The van der Waals surface area contributed by atoms with Crippen LogP contribution in [-0.4, -0.2) is 11.5 Å². The number of rotatable bonds is 4. The Morgan fingerprint density at radius 2 is 2.13 bits per heavy atom. The standard InChI is InChI=1S/C12H20N2S/c1-8(13-7-12(4)5-6-12)11-9(2)15-10(3)14-11/h8,13H,5-7H2,1-4H3. The lowest BCUT2D eigenvalue weighted by Crippen LogP contribution is -2.25. The molecular formula is C12H20N2S. The van der Waals surface area contributed by atoms with Crippen molar-refractivity contribution in [2.24, 2.45) is 5.41 Å². The highest BCUT2D eigenvalue weighted by molar-refractivity contribution is 7.11. The Hall–Kier alpha value is -0.410. The average molecular weight is 224 g/mol. The Kier molecular flexibility index (Phi) is 2.86. The molecule has 0 spiro atoms. The molecule has 1 heterocycles. The Bertz CT molecular complexity index is 353. The lowest BCUT2D eigenvalue weighted by molar-refractivity contribution is 0.452. The van der Waals surface area contributed by atoms with Crippen LogP contribution in [0.3, 0.4) is 0 Å². The van der Waals surface area contributed by atoms with E-state index in [1.54, 1.807) is 11.3 Å². The molecule has 1 N–H and O–H groups in total. The van der Waals surface area contributed by atoms with Crippen LogP contribution in [0.5, 0.6) is 0 Å². The van der Waals surface area contributed by atoms with Crippen LogP contribution in [0.2, 0.25) is 0 Å². The van der Waals surface area contributed by atoms with Gasteiger partial charge in [0.1, 0.15) is 0 Å². The van der Waals surface area contributed by atoms with E-state index in [1.807, 2.05) is 0 Å². The molecule has 2 nitrogen and oxygen atoms in total. The Balaban J connectivity index is 1.95. The molecule has 0 saturated heterocycles. The van der Waals surface area contributed by atoms with E-state index in [-0.39, 0.29) is 0 Å². The fourth-order valence-corrected chi connectivity index (χ4v) is 2.75. The summed E-state index contributed by atoms with van der Waals surface area (Å²) in [5.41, 5.74) is 1.81.